The molecule has 0 unspecified atom stereocenters. The maximum Gasteiger partial charge on any atom is 0.170 e. The minimum absolute atomic E-state index is 0.246. The Bertz CT molecular complexity index is 1110. The lowest BCUT2D eigenvalue weighted by Crippen LogP contribution is -2.07. The van der Waals surface area contributed by atoms with Crippen LogP contribution in [0.25, 0.3) is 16.8 Å². The molecule has 3 heterocycles. The second-order valence-corrected chi connectivity index (χ2v) is 6.13. The molecule has 0 saturated carbocycles. The van der Waals surface area contributed by atoms with Crippen molar-refractivity contribution in [2.45, 2.75) is 6.54 Å². The fraction of sp³-hybridized carbons (Fsp3) is 0.105. The van der Waals surface area contributed by atoms with Crippen LogP contribution in [-0.4, -0.2) is 26.7 Å². The standard InChI is InChI=1S/C19H15ClFN5O/c1-27-16-6-2-5-15(21)14(16)10-23-17-8-7-13(19-25-24-11-26(17)19)12-4-3-9-22-18(12)20/h2-9,11,23H,10H2,1H3. The van der Waals surface area contributed by atoms with Crippen molar-refractivity contribution in [1.29, 1.82) is 0 Å². The summed E-state index contributed by atoms with van der Waals surface area (Å²) in [5.74, 6) is 0.867. The van der Waals surface area contributed by atoms with E-state index < -0.39 is 0 Å². The smallest absolute Gasteiger partial charge is 0.170 e. The van der Waals surface area contributed by atoms with Crippen LogP contribution in [0.15, 0.2) is 55.0 Å². The molecule has 136 valence electrons. The van der Waals surface area contributed by atoms with Gasteiger partial charge in [-0.05, 0) is 36.4 Å². The van der Waals surface area contributed by atoms with Crippen molar-refractivity contribution in [1.82, 2.24) is 19.6 Å². The lowest BCUT2D eigenvalue weighted by atomic mass is 10.1. The number of aromatic nitrogens is 4. The number of hydrogen-bond donors (Lipinski definition) is 1. The Labute approximate surface area is 159 Å². The number of benzene rings is 1. The third-order valence-corrected chi connectivity index (χ3v) is 4.55. The molecule has 0 saturated heterocycles. The van der Waals surface area contributed by atoms with Gasteiger partial charge in [-0.3, -0.25) is 4.40 Å². The summed E-state index contributed by atoms with van der Waals surface area (Å²) in [4.78, 5) is 4.11. The molecule has 0 radical (unpaired) electrons. The lowest BCUT2D eigenvalue weighted by molar-refractivity contribution is 0.405. The fourth-order valence-corrected chi connectivity index (χ4v) is 3.16. The lowest BCUT2D eigenvalue weighted by Gasteiger charge is -2.14. The van der Waals surface area contributed by atoms with Crippen LogP contribution in [-0.2, 0) is 6.54 Å². The van der Waals surface area contributed by atoms with Gasteiger partial charge < -0.3 is 10.1 Å². The van der Waals surface area contributed by atoms with Crippen LogP contribution in [0.2, 0.25) is 5.15 Å². The molecule has 6 nitrogen and oxygen atoms in total. The summed E-state index contributed by atoms with van der Waals surface area (Å²) in [5.41, 5.74) is 2.63. The second kappa shape index (κ2) is 7.20. The van der Waals surface area contributed by atoms with E-state index in [1.807, 2.05) is 24.3 Å². The Morgan fingerprint density at radius 2 is 2.04 bits per heavy atom. The molecule has 1 N–H and O–H groups in total. The van der Waals surface area contributed by atoms with Gasteiger partial charge in [-0.2, -0.15) is 0 Å². The number of nitrogens with zero attached hydrogens (tertiary/aromatic N) is 4. The van der Waals surface area contributed by atoms with Gasteiger partial charge in [-0.15, -0.1) is 10.2 Å². The van der Waals surface area contributed by atoms with Crippen molar-refractivity contribution in [2.24, 2.45) is 0 Å². The van der Waals surface area contributed by atoms with Crippen LogP contribution in [0.4, 0.5) is 10.2 Å². The zero-order valence-electron chi connectivity index (χ0n) is 14.4. The zero-order valence-corrected chi connectivity index (χ0v) is 15.1. The Morgan fingerprint density at radius 1 is 1.15 bits per heavy atom. The minimum atomic E-state index is -0.333. The van der Waals surface area contributed by atoms with E-state index in [1.54, 1.807) is 29.1 Å². The first-order valence-electron chi connectivity index (χ1n) is 8.18. The fourth-order valence-electron chi connectivity index (χ4n) is 2.93. The number of anilines is 1. The summed E-state index contributed by atoms with van der Waals surface area (Å²) in [5, 5.41) is 11.8. The first kappa shape index (κ1) is 17.2. The third-order valence-electron chi connectivity index (χ3n) is 4.25. The molecule has 0 aliphatic rings. The molecule has 8 heteroatoms. The molecule has 4 aromatic rings. The van der Waals surface area contributed by atoms with Crippen LogP contribution in [0.5, 0.6) is 5.75 Å². The highest BCUT2D eigenvalue weighted by atomic mass is 35.5. The summed E-state index contributed by atoms with van der Waals surface area (Å²) in [6.45, 7) is 0.246. The summed E-state index contributed by atoms with van der Waals surface area (Å²) in [7, 11) is 1.52. The Morgan fingerprint density at radius 3 is 2.85 bits per heavy atom. The summed E-state index contributed by atoms with van der Waals surface area (Å²) >= 11 is 6.22. The highest BCUT2D eigenvalue weighted by molar-refractivity contribution is 6.32. The molecule has 4 rings (SSSR count). The van der Waals surface area contributed by atoms with Crippen molar-refractivity contribution in [3.63, 3.8) is 0 Å². The molecular weight excluding hydrogens is 369 g/mol. The Balaban J connectivity index is 1.70. The van der Waals surface area contributed by atoms with Crippen molar-refractivity contribution >= 4 is 23.1 Å². The van der Waals surface area contributed by atoms with Crippen molar-refractivity contribution in [2.75, 3.05) is 12.4 Å². The predicted octanol–water partition coefficient (Wildman–Crippen LogP) is 4.20. The number of methoxy groups -OCH3 is 1. The van der Waals surface area contributed by atoms with Crippen molar-refractivity contribution < 1.29 is 9.13 Å². The van der Waals surface area contributed by atoms with Gasteiger partial charge in [0.25, 0.3) is 0 Å². The van der Waals surface area contributed by atoms with E-state index in [-0.39, 0.29) is 12.4 Å². The first-order chi connectivity index (χ1) is 13.2. The number of ether oxygens (including phenoxy) is 1. The van der Waals surface area contributed by atoms with Gasteiger partial charge in [0.05, 0.1) is 7.11 Å². The quantitative estimate of drug-likeness (QED) is 0.523. The highest BCUT2D eigenvalue weighted by Gasteiger charge is 2.14. The summed E-state index contributed by atoms with van der Waals surface area (Å²) in [6, 6.07) is 12.2. The normalized spacial score (nSPS) is 10.9. The maximum absolute atomic E-state index is 14.2. The number of pyridine rings is 2. The van der Waals surface area contributed by atoms with Crippen LogP contribution >= 0.6 is 11.6 Å². The van der Waals surface area contributed by atoms with Gasteiger partial charge in [-0.1, -0.05) is 17.7 Å². The summed E-state index contributed by atoms with van der Waals surface area (Å²) in [6.07, 6.45) is 3.22. The number of hydrogen-bond acceptors (Lipinski definition) is 5. The van der Waals surface area contributed by atoms with E-state index in [9.17, 15) is 4.39 Å². The molecule has 0 aliphatic carbocycles. The molecule has 1 aromatic carbocycles. The number of nitrogens with one attached hydrogen (secondary N) is 1. The molecule has 0 spiro atoms. The average Bonchev–Trinajstić information content (AvgIpc) is 3.17. The largest absolute Gasteiger partial charge is 0.496 e. The van der Waals surface area contributed by atoms with E-state index in [0.717, 1.165) is 11.1 Å². The monoisotopic (exact) mass is 383 g/mol. The van der Waals surface area contributed by atoms with Crippen LogP contribution < -0.4 is 10.1 Å². The molecule has 0 amide bonds. The van der Waals surface area contributed by atoms with Gasteiger partial charge in [0.2, 0.25) is 0 Å². The molecule has 0 atom stereocenters. The van der Waals surface area contributed by atoms with E-state index in [2.05, 4.69) is 20.5 Å². The van der Waals surface area contributed by atoms with Gasteiger partial charge in [0.15, 0.2) is 5.65 Å². The van der Waals surface area contributed by atoms with Crippen molar-refractivity contribution in [3.05, 3.63) is 71.5 Å². The van der Waals surface area contributed by atoms with E-state index in [1.165, 1.54) is 13.2 Å². The molecule has 0 bridgehead atoms. The van der Waals surface area contributed by atoms with Gasteiger partial charge >= 0.3 is 0 Å². The van der Waals surface area contributed by atoms with Crippen LogP contribution in [0.1, 0.15) is 5.56 Å². The predicted molar refractivity (Wildman–Crippen MR) is 102 cm³/mol. The molecular formula is C19H15ClFN5O. The third kappa shape index (κ3) is 3.17. The average molecular weight is 384 g/mol. The van der Waals surface area contributed by atoms with Gasteiger partial charge in [0, 0.05) is 29.4 Å². The number of halogens is 2. The van der Waals surface area contributed by atoms with Crippen molar-refractivity contribution in [3.8, 4) is 16.9 Å². The van der Waals surface area contributed by atoms with E-state index >= 15 is 0 Å². The maximum atomic E-state index is 14.2. The number of rotatable bonds is 5. The Hall–Kier alpha value is -3.19. The minimum Gasteiger partial charge on any atom is -0.496 e. The van der Waals surface area contributed by atoms with Crippen LogP contribution in [0.3, 0.4) is 0 Å². The molecule has 27 heavy (non-hydrogen) atoms. The SMILES string of the molecule is COc1cccc(F)c1CNc1ccc(-c2cccnc2Cl)c2nncn12. The first-order valence-corrected chi connectivity index (χ1v) is 8.55. The van der Waals surface area contributed by atoms with E-state index in [0.29, 0.717) is 27.9 Å². The van der Waals surface area contributed by atoms with Gasteiger partial charge in [0.1, 0.15) is 28.9 Å². The molecule has 3 aromatic heterocycles. The molecule has 0 aliphatic heterocycles. The zero-order chi connectivity index (χ0) is 18.8. The van der Waals surface area contributed by atoms with E-state index in [4.69, 9.17) is 16.3 Å². The number of fused-ring (bicyclic) bond motifs is 1. The van der Waals surface area contributed by atoms with Crippen LogP contribution in [0, 0.1) is 5.82 Å². The molecule has 0 fully saturated rings. The Kier molecular flexibility index (Phi) is 4.60. The van der Waals surface area contributed by atoms with Gasteiger partial charge in [-0.25, -0.2) is 9.37 Å². The summed E-state index contributed by atoms with van der Waals surface area (Å²) < 4.78 is 21.2. The topological polar surface area (TPSA) is 64.3 Å². The highest BCUT2D eigenvalue weighted by Crippen LogP contribution is 2.30. The second-order valence-electron chi connectivity index (χ2n) is 5.77.